The van der Waals surface area contributed by atoms with Crippen LogP contribution in [0.25, 0.3) is 0 Å². The third kappa shape index (κ3) is 3.45. The number of hydrogen-bond donors (Lipinski definition) is 2. The molecule has 2 rings (SSSR count). The summed E-state index contributed by atoms with van der Waals surface area (Å²) in [4.78, 5) is 0.212. The molecule has 1 aromatic heterocycles. The molecule has 1 aliphatic rings. The van der Waals surface area contributed by atoms with E-state index in [2.05, 4.69) is 9.82 Å². The first kappa shape index (κ1) is 16.4. The maximum atomic E-state index is 12.7. The van der Waals surface area contributed by atoms with Crippen molar-refractivity contribution in [3.63, 3.8) is 0 Å². The molecular formula is C13H23N3O4S. The fourth-order valence-electron chi connectivity index (χ4n) is 2.68. The van der Waals surface area contributed by atoms with Crippen molar-refractivity contribution < 1.29 is 18.3 Å². The molecule has 21 heavy (non-hydrogen) atoms. The molecule has 1 fully saturated rings. The first-order valence-corrected chi connectivity index (χ1v) is 8.54. The van der Waals surface area contributed by atoms with Gasteiger partial charge in [-0.15, -0.1) is 0 Å². The van der Waals surface area contributed by atoms with Crippen LogP contribution in [0.4, 0.5) is 0 Å². The van der Waals surface area contributed by atoms with Crippen molar-refractivity contribution in [2.45, 2.75) is 50.6 Å². The minimum absolute atomic E-state index is 0.0794. The van der Waals surface area contributed by atoms with Gasteiger partial charge in [0, 0.05) is 18.8 Å². The molecule has 0 saturated carbocycles. The van der Waals surface area contributed by atoms with Crippen LogP contribution in [0.1, 0.15) is 31.2 Å². The van der Waals surface area contributed by atoms with Gasteiger partial charge in [0.05, 0.1) is 24.5 Å². The van der Waals surface area contributed by atoms with E-state index in [1.165, 1.54) is 4.68 Å². The Hall–Kier alpha value is -0.960. The molecule has 1 aromatic rings. The summed E-state index contributed by atoms with van der Waals surface area (Å²) in [5.41, 5.74) is 0.503. The zero-order valence-corrected chi connectivity index (χ0v) is 13.5. The number of hydrogen-bond acceptors (Lipinski definition) is 5. The van der Waals surface area contributed by atoms with Crippen LogP contribution < -0.4 is 4.72 Å². The van der Waals surface area contributed by atoms with Crippen LogP contribution in [0.2, 0.25) is 0 Å². The first-order valence-electron chi connectivity index (χ1n) is 7.06. The van der Waals surface area contributed by atoms with Crippen molar-refractivity contribution in [3.8, 4) is 0 Å². The van der Waals surface area contributed by atoms with Crippen molar-refractivity contribution in [2.75, 3.05) is 19.8 Å². The van der Waals surface area contributed by atoms with Crippen LogP contribution in [0.3, 0.4) is 0 Å². The van der Waals surface area contributed by atoms with Gasteiger partial charge in [0.2, 0.25) is 10.0 Å². The zero-order valence-electron chi connectivity index (χ0n) is 12.7. The number of sulfonamides is 1. The first-order chi connectivity index (χ1) is 9.79. The number of aromatic nitrogens is 2. The number of nitrogens with zero attached hydrogens (tertiary/aromatic N) is 2. The summed E-state index contributed by atoms with van der Waals surface area (Å²) in [5, 5.41) is 13.2. The molecule has 0 aromatic carbocycles. The van der Waals surface area contributed by atoms with Crippen LogP contribution in [0, 0.1) is 13.8 Å². The molecule has 7 nitrogen and oxygen atoms in total. The van der Waals surface area contributed by atoms with E-state index < -0.39 is 15.6 Å². The van der Waals surface area contributed by atoms with Crippen LogP contribution >= 0.6 is 0 Å². The summed E-state index contributed by atoms with van der Waals surface area (Å²) in [6.45, 7) is 6.59. The molecule has 0 unspecified atom stereocenters. The zero-order chi connectivity index (χ0) is 15.7. The summed E-state index contributed by atoms with van der Waals surface area (Å²) in [6, 6.07) is 0. The van der Waals surface area contributed by atoms with Gasteiger partial charge in [-0.05, 0) is 33.6 Å². The Bertz CT molecular complexity index is 603. The number of aliphatic hydroxyl groups excluding tert-OH is 1. The van der Waals surface area contributed by atoms with Crippen LogP contribution in [0.5, 0.6) is 0 Å². The van der Waals surface area contributed by atoms with Crippen molar-refractivity contribution >= 4 is 10.0 Å². The van der Waals surface area contributed by atoms with E-state index in [0.717, 1.165) is 0 Å². The third-order valence-electron chi connectivity index (χ3n) is 3.87. The monoisotopic (exact) mass is 317 g/mol. The Morgan fingerprint density at radius 1 is 1.38 bits per heavy atom. The van der Waals surface area contributed by atoms with E-state index in [-0.39, 0.29) is 18.0 Å². The van der Waals surface area contributed by atoms with E-state index in [9.17, 15) is 8.42 Å². The average molecular weight is 317 g/mol. The molecule has 2 N–H and O–H groups in total. The Balaban J connectivity index is 2.31. The van der Waals surface area contributed by atoms with Gasteiger partial charge >= 0.3 is 0 Å². The highest BCUT2D eigenvalue weighted by Gasteiger charge is 2.35. The number of ether oxygens (including phenoxy) is 1. The number of rotatable bonds is 5. The minimum Gasteiger partial charge on any atom is -0.394 e. The Morgan fingerprint density at radius 3 is 2.57 bits per heavy atom. The second-order valence-electron chi connectivity index (χ2n) is 5.73. The van der Waals surface area contributed by atoms with Crippen molar-refractivity contribution in [1.82, 2.24) is 14.5 Å². The van der Waals surface area contributed by atoms with Gasteiger partial charge in [-0.2, -0.15) is 5.10 Å². The minimum atomic E-state index is -3.65. The molecule has 1 aliphatic heterocycles. The number of aliphatic hydroxyl groups is 1. The number of aryl methyl sites for hydroxylation is 1. The van der Waals surface area contributed by atoms with Gasteiger partial charge in [-0.1, -0.05) is 0 Å². The van der Waals surface area contributed by atoms with Crippen molar-refractivity contribution in [2.24, 2.45) is 0 Å². The molecule has 0 amide bonds. The summed E-state index contributed by atoms with van der Waals surface area (Å²) in [6.07, 6.45) is 1.30. The highest BCUT2D eigenvalue weighted by atomic mass is 32.2. The molecule has 120 valence electrons. The smallest absolute Gasteiger partial charge is 0.244 e. The fraction of sp³-hybridized carbons (Fsp3) is 0.769. The lowest BCUT2D eigenvalue weighted by Gasteiger charge is -2.34. The molecule has 0 spiro atoms. The quantitative estimate of drug-likeness (QED) is 0.817. The summed E-state index contributed by atoms with van der Waals surface area (Å²) in [5.74, 6) is 0. The molecule has 1 saturated heterocycles. The second-order valence-corrected chi connectivity index (χ2v) is 7.34. The Labute approximate surface area is 125 Å². The third-order valence-corrected chi connectivity index (χ3v) is 5.76. The maximum absolute atomic E-state index is 12.7. The van der Waals surface area contributed by atoms with E-state index in [4.69, 9.17) is 9.84 Å². The summed E-state index contributed by atoms with van der Waals surface area (Å²) >= 11 is 0. The van der Waals surface area contributed by atoms with E-state index in [1.807, 2.05) is 6.92 Å². The number of nitrogens with one attached hydrogen (secondary N) is 1. The highest BCUT2D eigenvalue weighted by Crippen LogP contribution is 2.25. The highest BCUT2D eigenvalue weighted by molar-refractivity contribution is 7.89. The topological polar surface area (TPSA) is 93.5 Å². The summed E-state index contributed by atoms with van der Waals surface area (Å²) in [7, 11) is -3.65. The van der Waals surface area contributed by atoms with E-state index >= 15 is 0 Å². The van der Waals surface area contributed by atoms with Gasteiger partial charge in [-0.25, -0.2) is 13.1 Å². The largest absolute Gasteiger partial charge is 0.394 e. The lowest BCUT2D eigenvalue weighted by molar-refractivity contribution is 0.0537. The van der Waals surface area contributed by atoms with Gasteiger partial charge < -0.3 is 9.84 Å². The maximum Gasteiger partial charge on any atom is 0.244 e. The fourth-order valence-corrected chi connectivity index (χ4v) is 4.56. The van der Waals surface area contributed by atoms with E-state index in [0.29, 0.717) is 37.4 Å². The van der Waals surface area contributed by atoms with Gasteiger partial charge in [-0.3, -0.25) is 4.68 Å². The average Bonchev–Trinajstić information content (AvgIpc) is 2.65. The molecular weight excluding hydrogens is 294 g/mol. The molecule has 0 bridgehead atoms. The van der Waals surface area contributed by atoms with Crippen molar-refractivity contribution in [1.29, 1.82) is 0 Å². The van der Waals surface area contributed by atoms with Gasteiger partial charge in [0.15, 0.2) is 0 Å². The standard InChI is InChI=1S/C13H23N3O4S/c1-10-12(11(2)16(14-10)6-7-17)21(18,19)15-13(3)4-8-20-9-5-13/h15,17H,4-9H2,1-3H3. The molecule has 8 heteroatoms. The SMILES string of the molecule is Cc1nn(CCO)c(C)c1S(=O)(=O)NC1(C)CCOCC1. The predicted octanol–water partition coefficient (Wildman–Crippen LogP) is 0.340. The van der Waals surface area contributed by atoms with E-state index in [1.54, 1.807) is 13.8 Å². The molecule has 0 aliphatic carbocycles. The van der Waals surface area contributed by atoms with Crippen molar-refractivity contribution in [3.05, 3.63) is 11.4 Å². The van der Waals surface area contributed by atoms with Gasteiger partial charge in [0.1, 0.15) is 4.90 Å². The van der Waals surface area contributed by atoms with Crippen LogP contribution in [0.15, 0.2) is 4.90 Å². The Kier molecular flexibility index (Phi) is 4.72. The van der Waals surface area contributed by atoms with Crippen LogP contribution in [-0.2, 0) is 21.3 Å². The lowest BCUT2D eigenvalue weighted by atomic mass is 9.94. The predicted molar refractivity (Wildman–Crippen MR) is 77.6 cm³/mol. The Morgan fingerprint density at radius 2 is 2.00 bits per heavy atom. The molecule has 2 heterocycles. The lowest BCUT2D eigenvalue weighted by Crippen LogP contribution is -2.49. The van der Waals surface area contributed by atoms with Gasteiger partial charge in [0.25, 0.3) is 0 Å². The molecule has 0 atom stereocenters. The second kappa shape index (κ2) is 6.04. The summed E-state index contributed by atoms with van der Waals surface area (Å²) < 4.78 is 35.0. The molecule has 0 radical (unpaired) electrons. The van der Waals surface area contributed by atoms with Crippen LogP contribution in [-0.4, -0.2) is 48.7 Å². The normalized spacial score (nSPS) is 18.9.